The Hall–Kier alpha value is -2.27. The van der Waals surface area contributed by atoms with E-state index in [-0.39, 0.29) is 11.8 Å². The molecule has 1 saturated heterocycles. The Morgan fingerprint density at radius 3 is 2.78 bits per heavy atom. The Kier molecular flexibility index (Phi) is 3.58. The standard InChI is InChI=1S/C17H16ClN3O2/c18-12-9-14(19-10-12)17(22)21-7-5-11(6-8-21)16-20-13-3-1-2-4-15(13)23-16/h1-4,9-11,19H,5-8H2. The quantitative estimate of drug-likeness (QED) is 0.777. The zero-order chi connectivity index (χ0) is 15.8. The number of para-hydroxylation sites is 2. The number of amides is 1. The highest BCUT2D eigenvalue weighted by molar-refractivity contribution is 6.30. The van der Waals surface area contributed by atoms with Crippen LogP contribution in [0.15, 0.2) is 40.9 Å². The first-order valence-corrected chi connectivity index (χ1v) is 8.07. The summed E-state index contributed by atoms with van der Waals surface area (Å²) in [6.45, 7) is 1.39. The molecule has 118 valence electrons. The van der Waals surface area contributed by atoms with Crippen molar-refractivity contribution >= 4 is 28.6 Å². The molecule has 1 aliphatic rings. The highest BCUT2D eigenvalue weighted by Crippen LogP contribution is 2.30. The third-order valence-electron chi connectivity index (χ3n) is 4.32. The van der Waals surface area contributed by atoms with Gasteiger partial charge in [0.15, 0.2) is 11.5 Å². The molecule has 1 aromatic carbocycles. The van der Waals surface area contributed by atoms with E-state index in [0.717, 1.165) is 29.8 Å². The third-order valence-corrected chi connectivity index (χ3v) is 4.54. The van der Waals surface area contributed by atoms with Gasteiger partial charge in [0, 0.05) is 25.2 Å². The lowest BCUT2D eigenvalue weighted by atomic mass is 9.96. The maximum Gasteiger partial charge on any atom is 0.270 e. The molecular formula is C17H16ClN3O2. The van der Waals surface area contributed by atoms with E-state index in [1.165, 1.54) is 0 Å². The topological polar surface area (TPSA) is 62.1 Å². The van der Waals surface area contributed by atoms with E-state index in [1.54, 1.807) is 12.3 Å². The first-order chi connectivity index (χ1) is 11.2. The molecule has 0 radical (unpaired) electrons. The second-order valence-corrected chi connectivity index (χ2v) is 6.25. The lowest BCUT2D eigenvalue weighted by Gasteiger charge is -2.30. The van der Waals surface area contributed by atoms with Crippen LogP contribution >= 0.6 is 11.6 Å². The number of piperidine rings is 1. The summed E-state index contributed by atoms with van der Waals surface area (Å²) in [4.78, 5) is 21.7. The van der Waals surface area contributed by atoms with E-state index >= 15 is 0 Å². The summed E-state index contributed by atoms with van der Waals surface area (Å²) in [5.74, 6) is 1.04. The van der Waals surface area contributed by atoms with Crippen LogP contribution in [0.4, 0.5) is 0 Å². The second-order valence-electron chi connectivity index (χ2n) is 5.82. The van der Waals surface area contributed by atoms with Crippen molar-refractivity contribution in [1.82, 2.24) is 14.9 Å². The Morgan fingerprint density at radius 2 is 2.09 bits per heavy atom. The second kappa shape index (κ2) is 5.74. The number of halogens is 1. The van der Waals surface area contributed by atoms with Crippen molar-refractivity contribution in [3.8, 4) is 0 Å². The van der Waals surface area contributed by atoms with Crippen molar-refractivity contribution in [2.24, 2.45) is 0 Å². The van der Waals surface area contributed by atoms with Crippen molar-refractivity contribution in [1.29, 1.82) is 0 Å². The largest absolute Gasteiger partial charge is 0.440 e. The summed E-state index contributed by atoms with van der Waals surface area (Å²) in [7, 11) is 0. The number of carbonyl (C=O) groups is 1. The molecule has 4 rings (SSSR count). The number of rotatable bonds is 2. The Bertz CT molecular complexity index is 813. The number of H-pyrrole nitrogens is 1. The number of nitrogens with one attached hydrogen (secondary N) is 1. The lowest BCUT2D eigenvalue weighted by Crippen LogP contribution is -2.38. The Labute approximate surface area is 138 Å². The molecule has 2 aromatic heterocycles. The zero-order valence-corrected chi connectivity index (χ0v) is 13.2. The maximum absolute atomic E-state index is 12.4. The number of hydrogen-bond donors (Lipinski definition) is 1. The summed E-state index contributed by atoms with van der Waals surface area (Å²) >= 11 is 5.86. The third kappa shape index (κ3) is 2.72. The van der Waals surface area contributed by atoms with Gasteiger partial charge in [0.25, 0.3) is 5.91 Å². The van der Waals surface area contributed by atoms with E-state index in [9.17, 15) is 4.79 Å². The van der Waals surface area contributed by atoms with Crippen LogP contribution in [0.5, 0.6) is 0 Å². The van der Waals surface area contributed by atoms with Gasteiger partial charge in [-0.15, -0.1) is 0 Å². The SMILES string of the molecule is O=C(c1cc(Cl)c[nH]1)N1CCC(c2nc3ccccc3o2)CC1. The molecule has 0 bridgehead atoms. The van der Waals surface area contributed by atoms with Gasteiger partial charge in [0.2, 0.25) is 0 Å². The van der Waals surface area contributed by atoms with Crippen LogP contribution in [0.1, 0.15) is 35.1 Å². The molecular weight excluding hydrogens is 314 g/mol. The number of aromatic amines is 1. The van der Waals surface area contributed by atoms with E-state index in [2.05, 4.69) is 9.97 Å². The van der Waals surface area contributed by atoms with Crippen molar-refractivity contribution in [2.75, 3.05) is 13.1 Å². The Balaban J connectivity index is 1.45. The fourth-order valence-corrected chi connectivity index (χ4v) is 3.22. The average molecular weight is 330 g/mol. The highest BCUT2D eigenvalue weighted by Gasteiger charge is 2.28. The van der Waals surface area contributed by atoms with Crippen molar-refractivity contribution in [3.63, 3.8) is 0 Å². The Morgan fingerprint density at radius 1 is 1.30 bits per heavy atom. The van der Waals surface area contributed by atoms with E-state index in [0.29, 0.717) is 23.8 Å². The molecule has 1 fully saturated rings. The summed E-state index contributed by atoms with van der Waals surface area (Å²) in [6, 6.07) is 9.45. The van der Waals surface area contributed by atoms with Crippen LogP contribution in [0.3, 0.4) is 0 Å². The van der Waals surface area contributed by atoms with Gasteiger partial charge < -0.3 is 14.3 Å². The maximum atomic E-state index is 12.4. The first-order valence-electron chi connectivity index (χ1n) is 7.69. The fraction of sp³-hybridized carbons (Fsp3) is 0.294. The molecule has 0 spiro atoms. The van der Waals surface area contributed by atoms with Crippen molar-refractivity contribution < 1.29 is 9.21 Å². The molecule has 0 unspecified atom stereocenters. The minimum atomic E-state index is -0.00656. The summed E-state index contributed by atoms with van der Waals surface area (Å²) in [5.41, 5.74) is 2.25. The predicted octanol–water partition coefficient (Wildman–Crippen LogP) is 3.83. The van der Waals surface area contributed by atoms with Gasteiger partial charge in [-0.25, -0.2) is 4.98 Å². The summed E-state index contributed by atoms with van der Waals surface area (Å²) in [6.07, 6.45) is 3.33. The number of likely N-dealkylation sites (tertiary alicyclic amines) is 1. The van der Waals surface area contributed by atoms with Crippen LogP contribution in [-0.2, 0) is 0 Å². The molecule has 3 aromatic rings. The number of fused-ring (bicyclic) bond motifs is 1. The number of hydrogen-bond acceptors (Lipinski definition) is 3. The lowest BCUT2D eigenvalue weighted by molar-refractivity contribution is 0.0701. The number of carbonyl (C=O) groups excluding carboxylic acids is 1. The van der Waals surface area contributed by atoms with Crippen LogP contribution in [-0.4, -0.2) is 33.9 Å². The molecule has 1 aliphatic heterocycles. The first kappa shape index (κ1) is 14.3. The zero-order valence-electron chi connectivity index (χ0n) is 12.5. The molecule has 0 saturated carbocycles. The number of benzene rings is 1. The molecule has 0 aliphatic carbocycles. The molecule has 3 heterocycles. The number of nitrogens with zero attached hydrogens (tertiary/aromatic N) is 2. The molecule has 0 atom stereocenters. The van der Waals surface area contributed by atoms with Crippen molar-refractivity contribution in [3.05, 3.63) is 53.1 Å². The van der Waals surface area contributed by atoms with Gasteiger partial charge in [-0.2, -0.15) is 0 Å². The van der Waals surface area contributed by atoms with Gasteiger partial charge in [0.05, 0.1) is 5.02 Å². The number of oxazole rings is 1. The minimum absolute atomic E-state index is 0.00656. The predicted molar refractivity (Wildman–Crippen MR) is 87.7 cm³/mol. The highest BCUT2D eigenvalue weighted by atomic mass is 35.5. The van der Waals surface area contributed by atoms with E-state index in [4.69, 9.17) is 16.0 Å². The van der Waals surface area contributed by atoms with Gasteiger partial charge in [-0.05, 0) is 31.0 Å². The van der Waals surface area contributed by atoms with E-state index in [1.807, 2.05) is 29.2 Å². The fourth-order valence-electron chi connectivity index (χ4n) is 3.06. The van der Waals surface area contributed by atoms with Crippen LogP contribution < -0.4 is 0 Å². The molecule has 5 nitrogen and oxygen atoms in total. The summed E-state index contributed by atoms with van der Waals surface area (Å²) < 4.78 is 5.85. The van der Waals surface area contributed by atoms with Gasteiger partial charge in [0.1, 0.15) is 11.2 Å². The number of aromatic nitrogens is 2. The normalized spacial score (nSPS) is 16.1. The van der Waals surface area contributed by atoms with Gasteiger partial charge >= 0.3 is 0 Å². The van der Waals surface area contributed by atoms with E-state index < -0.39 is 0 Å². The van der Waals surface area contributed by atoms with Gasteiger partial charge in [-0.1, -0.05) is 23.7 Å². The van der Waals surface area contributed by atoms with Crippen LogP contribution in [0, 0.1) is 0 Å². The molecule has 6 heteroatoms. The summed E-state index contributed by atoms with van der Waals surface area (Å²) in [5, 5.41) is 0.551. The molecule has 23 heavy (non-hydrogen) atoms. The van der Waals surface area contributed by atoms with Crippen LogP contribution in [0.25, 0.3) is 11.1 Å². The van der Waals surface area contributed by atoms with Crippen molar-refractivity contribution in [2.45, 2.75) is 18.8 Å². The minimum Gasteiger partial charge on any atom is -0.440 e. The molecule has 1 N–H and O–H groups in total. The monoisotopic (exact) mass is 329 g/mol. The smallest absolute Gasteiger partial charge is 0.270 e. The van der Waals surface area contributed by atoms with Crippen LogP contribution in [0.2, 0.25) is 5.02 Å². The van der Waals surface area contributed by atoms with Gasteiger partial charge in [-0.3, -0.25) is 4.79 Å². The average Bonchev–Trinajstić information content (AvgIpc) is 3.20. The molecule has 1 amide bonds.